The first kappa shape index (κ1) is 27.7. The summed E-state index contributed by atoms with van der Waals surface area (Å²) >= 11 is 0. The zero-order valence-electron chi connectivity index (χ0n) is 12.3. The summed E-state index contributed by atoms with van der Waals surface area (Å²) in [6.45, 7) is 2.92. The number of carbonyl (C=O) groups excluding carboxylic acids is 3. The molecule has 0 atom stereocenters. The Bertz CT molecular complexity index is 269. The van der Waals surface area contributed by atoms with Crippen LogP contribution in [-0.2, 0) is 33.9 Å². The van der Waals surface area contributed by atoms with Gasteiger partial charge in [-0.1, -0.05) is 6.42 Å². The van der Waals surface area contributed by atoms with E-state index in [4.69, 9.17) is 29.7 Å². The summed E-state index contributed by atoms with van der Waals surface area (Å²) in [5.41, 5.74) is 0. The van der Waals surface area contributed by atoms with E-state index in [0.717, 1.165) is 20.8 Å². The molecule has 0 saturated heterocycles. The zero-order chi connectivity index (χ0) is 16.4. The summed E-state index contributed by atoms with van der Waals surface area (Å²) in [7, 11) is 0. The second kappa shape index (κ2) is 23.5. The van der Waals surface area contributed by atoms with Crippen LogP contribution in [0.2, 0.25) is 0 Å². The molecule has 0 radical (unpaired) electrons. The molecular formula is C14H20O6Rh-. The van der Waals surface area contributed by atoms with Crippen LogP contribution in [0.15, 0.2) is 24.3 Å². The van der Waals surface area contributed by atoms with Crippen molar-refractivity contribution in [2.45, 2.75) is 40.0 Å². The van der Waals surface area contributed by atoms with Gasteiger partial charge in [0, 0.05) is 17.9 Å². The molecule has 0 amide bonds. The number of carbonyl (C=O) groups is 3. The van der Waals surface area contributed by atoms with Gasteiger partial charge in [0.2, 0.25) is 0 Å². The molecule has 0 saturated carbocycles. The Morgan fingerprint density at radius 2 is 1.29 bits per heavy atom. The first-order chi connectivity index (χ1) is 9.20. The van der Waals surface area contributed by atoms with Crippen molar-refractivity contribution >= 4 is 17.9 Å². The van der Waals surface area contributed by atoms with Crippen LogP contribution >= 0.6 is 0 Å². The number of carboxylic acids is 3. The van der Waals surface area contributed by atoms with Gasteiger partial charge < -0.3 is 29.7 Å². The smallest absolute Gasteiger partial charge is 0.550 e. The molecule has 7 heteroatoms. The molecule has 122 valence electrons. The van der Waals surface area contributed by atoms with Gasteiger partial charge in [0.25, 0.3) is 0 Å². The monoisotopic (exact) mass is 387 g/mol. The topological polar surface area (TPSA) is 120 Å². The fourth-order valence-electron chi connectivity index (χ4n) is 0.767. The molecule has 0 heterocycles. The van der Waals surface area contributed by atoms with Crippen molar-refractivity contribution in [2.24, 2.45) is 0 Å². The van der Waals surface area contributed by atoms with E-state index < -0.39 is 17.9 Å². The van der Waals surface area contributed by atoms with Crippen LogP contribution in [0.3, 0.4) is 0 Å². The van der Waals surface area contributed by atoms with E-state index in [1.165, 1.54) is 19.3 Å². The van der Waals surface area contributed by atoms with E-state index in [0.29, 0.717) is 0 Å². The second-order valence-corrected chi connectivity index (χ2v) is 3.45. The largest absolute Gasteiger partial charge is 3.00 e. The second-order valence-electron chi connectivity index (χ2n) is 3.45. The Kier molecular flexibility index (Phi) is 30.9. The Balaban J connectivity index is -0.0000000973. The fraction of sp³-hybridized carbons (Fsp3) is 0.429. The molecule has 6 nitrogen and oxygen atoms in total. The van der Waals surface area contributed by atoms with Gasteiger partial charge in [-0.15, -0.1) is 18.6 Å². The zero-order valence-corrected chi connectivity index (χ0v) is 13.9. The van der Waals surface area contributed by atoms with Crippen molar-refractivity contribution in [3.05, 3.63) is 30.7 Å². The molecule has 1 aliphatic rings. The Labute approximate surface area is 138 Å². The van der Waals surface area contributed by atoms with E-state index in [2.05, 4.69) is 30.7 Å². The van der Waals surface area contributed by atoms with Gasteiger partial charge in [0.15, 0.2) is 0 Å². The number of rotatable bonds is 0. The van der Waals surface area contributed by atoms with Crippen LogP contribution in [0.1, 0.15) is 40.0 Å². The molecule has 0 bridgehead atoms. The Morgan fingerprint density at radius 3 is 1.67 bits per heavy atom. The van der Waals surface area contributed by atoms with Crippen molar-refractivity contribution < 1.29 is 49.2 Å². The third-order valence-corrected chi connectivity index (χ3v) is 1.24. The summed E-state index contributed by atoms with van der Waals surface area (Å²) in [5.74, 6) is -3.25. The average molecular weight is 387 g/mol. The van der Waals surface area contributed by atoms with Gasteiger partial charge >= 0.3 is 19.5 Å². The van der Waals surface area contributed by atoms with Crippen LogP contribution in [0.4, 0.5) is 0 Å². The number of carboxylic acid groups (broad SMARTS) is 3. The Hall–Kier alpha value is -1.62. The fourth-order valence-corrected chi connectivity index (χ4v) is 0.767. The number of hydrogen-bond acceptors (Lipinski definition) is 6. The van der Waals surface area contributed by atoms with E-state index in [1.54, 1.807) is 0 Å². The molecule has 0 aromatic carbocycles. The Morgan fingerprint density at radius 1 is 0.905 bits per heavy atom. The maximum atomic E-state index is 8.89. The maximum absolute atomic E-state index is 8.89. The number of allylic oxidation sites excluding steroid dienone is 4. The molecule has 0 aromatic rings. The molecule has 0 aliphatic heterocycles. The molecule has 0 aromatic heterocycles. The quantitative estimate of drug-likeness (QED) is 0.379. The summed E-state index contributed by atoms with van der Waals surface area (Å²) in [6, 6.07) is 0. The van der Waals surface area contributed by atoms with E-state index in [-0.39, 0.29) is 19.5 Å². The average Bonchev–Trinajstić information content (AvgIpc) is 2.12. The number of aliphatic carboxylic acids is 3. The molecule has 0 spiro atoms. The SMILES string of the molecule is C1=C\[CH-]CCC\C=C/1.CC(=O)[O-].CC(=O)[O-].CC(=O)[O-].[Rh+3]. The van der Waals surface area contributed by atoms with E-state index >= 15 is 0 Å². The molecule has 0 N–H and O–H groups in total. The minimum Gasteiger partial charge on any atom is -0.550 e. The molecule has 21 heavy (non-hydrogen) atoms. The van der Waals surface area contributed by atoms with Crippen molar-refractivity contribution in [3.8, 4) is 0 Å². The third kappa shape index (κ3) is 121. The standard InChI is InChI=1S/C8H11.3C2H4O2.Rh/c1-2-4-6-8-7-5-3-1;3*1-2(3)4;/h1-5H,6-8H2;3*1H3,(H,3,4);/q-1;;;;+3/p-3/b2-1-,5-3-;;;;. The van der Waals surface area contributed by atoms with Crippen LogP contribution in [0.5, 0.6) is 0 Å². The van der Waals surface area contributed by atoms with Crippen LogP contribution < -0.4 is 15.3 Å². The third-order valence-electron chi connectivity index (χ3n) is 1.24. The van der Waals surface area contributed by atoms with Gasteiger partial charge in [-0.3, -0.25) is 0 Å². The minimum absolute atomic E-state index is 0. The van der Waals surface area contributed by atoms with Gasteiger partial charge in [0.1, 0.15) is 0 Å². The molecular weight excluding hydrogens is 367 g/mol. The van der Waals surface area contributed by atoms with Gasteiger partial charge in [-0.25, -0.2) is 18.6 Å². The van der Waals surface area contributed by atoms with Gasteiger partial charge in [0.05, 0.1) is 0 Å². The van der Waals surface area contributed by atoms with E-state index in [1.807, 2.05) is 0 Å². The van der Waals surface area contributed by atoms with Gasteiger partial charge in [-0.05, 0) is 27.2 Å². The summed E-state index contributed by atoms with van der Waals surface area (Å²) in [6.07, 6.45) is 14.5. The molecule has 0 unspecified atom stereocenters. The van der Waals surface area contributed by atoms with Crippen LogP contribution in [-0.4, -0.2) is 17.9 Å². The van der Waals surface area contributed by atoms with Crippen molar-refractivity contribution in [1.82, 2.24) is 0 Å². The van der Waals surface area contributed by atoms with Crippen molar-refractivity contribution in [2.75, 3.05) is 0 Å². The molecule has 1 rings (SSSR count). The van der Waals surface area contributed by atoms with Crippen LogP contribution in [0.25, 0.3) is 0 Å². The molecule has 1 aliphatic carbocycles. The summed E-state index contributed by atoms with van der Waals surface area (Å²) in [4.78, 5) is 26.7. The van der Waals surface area contributed by atoms with Crippen molar-refractivity contribution in [3.63, 3.8) is 0 Å². The normalized spacial score (nSPS) is 13.9. The number of hydrogen-bond donors (Lipinski definition) is 0. The minimum atomic E-state index is -1.08. The van der Waals surface area contributed by atoms with Crippen molar-refractivity contribution in [1.29, 1.82) is 0 Å². The van der Waals surface area contributed by atoms with Gasteiger partial charge in [-0.2, -0.15) is 0 Å². The first-order valence-electron chi connectivity index (χ1n) is 5.87. The molecule has 0 fully saturated rings. The predicted octanol–water partition coefficient (Wildman–Crippen LogP) is -1.25. The summed E-state index contributed by atoms with van der Waals surface area (Å²) < 4.78 is 0. The maximum Gasteiger partial charge on any atom is 3.00 e. The summed E-state index contributed by atoms with van der Waals surface area (Å²) in [5, 5.41) is 26.7. The first-order valence-corrected chi connectivity index (χ1v) is 5.87. The predicted molar refractivity (Wildman–Crippen MR) is 68.5 cm³/mol. The van der Waals surface area contributed by atoms with Crippen LogP contribution in [0, 0.1) is 6.42 Å². The van der Waals surface area contributed by atoms with E-state index in [9.17, 15) is 0 Å².